The predicted octanol–water partition coefficient (Wildman–Crippen LogP) is -0.128. The molecule has 0 aromatic rings. The first-order chi connectivity index (χ1) is 6.09. The molecule has 1 saturated heterocycles. The third-order valence-corrected chi connectivity index (χ3v) is 5.80. The van der Waals surface area contributed by atoms with Gasteiger partial charge in [-0.05, 0) is 6.42 Å². The summed E-state index contributed by atoms with van der Waals surface area (Å²) in [5.41, 5.74) is -5.57. The Morgan fingerprint density at radius 1 is 1.21 bits per heavy atom. The van der Waals surface area contributed by atoms with Gasteiger partial charge in [-0.25, -0.2) is 16.8 Å². The molecule has 84 valence electrons. The van der Waals surface area contributed by atoms with E-state index in [9.17, 15) is 30.0 Å². The zero-order valence-electron chi connectivity index (χ0n) is 6.65. The van der Waals surface area contributed by atoms with Crippen LogP contribution in [0.4, 0.5) is 13.2 Å². The van der Waals surface area contributed by atoms with Gasteiger partial charge in [0.1, 0.15) is 0 Å². The Morgan fingerprint density at radius 3 is 2.00 bits per heavy atom. The van der Waals surface area contributed by atoms with E-state index < -0.39 is 41.6 Å². The fourth-order valence-electron chi connectivity index (χ4n) is 1.00. The Hall–Kier alpha value is -0.350. The summed E-state index contributed by atoms with van der Waals surface area (Å²) in [4.78, 5) is 0. The van der Waals surface area contributed by atoms with Crippen LogP contribution in [0.25, 0.3) is 0 Å². The van der Waals surface area contributed by atoms with Gasteiger partial charge < -0.3 is 0 Å². The zero-order chi connectivity index (χ0) is 11.2. The van der Waals surface area contributed by atoms with Crippen molar-refractivity contribution in [1.29, 1.82) is 0 Å². The van der Waals surface area contributed by atoms with Gasteiger partial charge >= 0.3 is 15.5 Å². The van der Waals surface area contributed by atoms with E-state index in [1.807, 2.05) is 0 Å². The van der Waals surface area contributed by atoms with Crippen LogP contribution in [0.1, 0.15) is 6.42 Å². The maximum atomic E-state index is 11.9. The van der Waals surface area contributed by atoms with Crippen molar-refractivity contribution in [3.8, 4) is 0 Å². The molecule has 1 rings (SSSR count). The summed E-state index contributed by atoms with van der Waals surface area (Å²) >= 11 is 0. The van der Waals surface area contributed by atoms with Crippen molar-refractivity contribution in [3.05, 3.63) is 0 Å². The number of nitrogens with zero attached hydrogens (tertiary/aromatic N) is 1. The molecule has 0 bridgehead atoms. The molecule has 0 aromatic heterocycles. The first kappa shape index (κ1) is 11.7. The highest BCUT2D eigenvalue weighted by molar-refractivity contribution is 8.04. The molecule has 1 heterocycles. The average molecular weight is 253 g/mol. The number of halogens is 3. The predicted molar refractivity (Wildman–Crippen MR) is 40.1 cm³/mol. The van der Waals surface area contributed by atoms with E-state index >= 15 is 0 Å². The lowest BCUT2D eigenvalue weighted by atomic mass is 10.5. The minimum absolute atomic E-state index is 0.113. The van der Waals surface area contributed by atoms with Gasteiger partial charge in [0.2, 0.25) is 10.0 Å². The molecule has 0 radical (unpaired) electrons. The maximum absolute atomic E-state index is 11.9. The van der Waals surface area contributed by atoms with E-state index in [4.69, 9.17) is 0 Å². The molecular weight excluding hydrogens is 247 g/mol. The minimum Gasteiger partial charge on any atom is -0.211 e. The van der Waals surface area contributed by atoms with Crippen molar-refractivity contribution in [2.45, 2.75) is 11.9 Å². The van der Waals surface area contributed by atoms with Crippen molar-refractivity contribution < 1.29 is 30.0 Å². The summed E-state index contributed by atoms with van der Waals surface area (Å²) in [7, 11) is -10.0. The monoisotopic (exact) mass is 253 g/mol. The fourth-order valence-corrected chi connectivity index (χ4v) is 4.38. The molecule has 0 atom stereocenters. The van der Waals surface area contributed by atoms with Crippen LogP contribution < -0.4 is 0 Å². The quantitative estimate of drug-likeness (QED) is 0.652. The van der Waals surface area contributed by atoms with Crippen LogP contribution in [-0.2, 0) is 20.0 Å². The molecule has 5 nitrogen and oxygen atoms in total. The Labute approximate surface area is 78.6 Å². The maximum Gasteiger partial charge on any atom is 0.512 e. The Kier molecular flexibility index (Phi) is 2.57. The molecule has 0 saturated carbocycles. The standard InChI is InChI=1S/C4H6F3NO4S2/c5-4(6,7)14(11,12)8-2-1-3-13(8,9)10/h1-3H2. The third-order valence-electron chi connectivity index (χ3n) is 1.61. The van der Waals surface area contributed by atoms with Gasteiger partial charge in [0.05, 0.1) is 5.75 Å². The van der Waals surface area contributed by atoms with E-state index in [2.05, 4.69) is 0 Å². The van der Waals surface area contributed by atoms with Crippen molar-refractivity contribution >= 4 is 20.0 Å². The molecule has 14 heavy (non-hydrogen) atoms. The molecule has 0 aliphatic carbocycles. The molecular formula is C4H6F3NO4S2. The Bertz CT molecular complexity index is 422. The van der Waals surface area contributed by atoms with E-state index in [0.29, 0.717) is 0 Å². The smallest absolute Gasteiger partial charge is 0.211 e. The summed E-state index contributed by atoms with van der Waals surface area (Å²) in [6.07, 6.45) is -0.113. The molecule has 0 spiro atoms. The lowest BCUT2D eigenvalue weighted by Gasteiger charge is -2.16. The van der Waals surface area contributed by atoms with Gasteiger partial charge in [0, 0.05) is 6.54 Å². The second-order valence-corrected chi connectivity index (χ2v) is 6.71. The van der Waals surface area contributed by atoms with Crippen LogP contribution in [0.15, 0.2) is 0 Å². The third kappa shape index (κ3) is 1.73. The van der Waals surface area contributed by atoms with E-state index in [1.54, 1.807) is 0 Å². The van der Waals surface area contributed by atoms with Crippen LogP contribution >= 0.6 is 0 Å². The summed E-state index contributed by atoms with van der Waals surface area (Å²) < 4.78 is 78.5. The largest absolute Gasteiger partial charge is 0.512 e. The molecule has 1 aliphatic rings. The van der Waals surface area contributed by atoms with Crippen molar-refractivity contribution in [3.63, 3.8) is 0 Å². The molecule has 1 fully saturated rings. The van der Waals surface area contributed by atoms with E-state index in [0.717, 1.165) is 0 Å². The SMILES string of the molecule is O=S1(=O)CCCN1S(=O)(=O)C(F)(F)F. The van der Waals surface area contributed by atoms with Crippen LogP contribution in [0.5, 0.6) is 0 Å². The zero-order valence-corrected chi connectivity index (χ0v) is 8.28. The molecule has 0 aromatic carbocycles. The van der Waals surface area contributed by atoms with Crippen LogP contribution in [0.2, 0.25) is 0 Å². The van der Waals surface area contributed by atoms with Crippen molar-refractivity contribution in [2.24, 2.45) is 0 Å². The molecule has 0 unspecified atom stereocenters. The normalized spacial score (nSPS) is 23.9. The Balaban J connectivity index is 3.20. The lowest BCUT2D eigenvalue weighted by molar-refractivity contribution is -0.0468. The number of sulfonamides is 2. The first-order valence-electron chi connectivity index (χ1n) is 3.41. The highest BCUT2D eigenvalue weighted by atomic mass is 32.3. The summed E-state index contributed by atoms with van der Waals surface area (Å²) in [5, 5.41) is 0. The number of rotatable bonds is 1. The van der Waals surface area contributed by atoms with Crippen LogP contribution in [-0.4, -0.2) is 38.4 Å². The van der Waals surface area contributed by atoms with Crippen molar-refractivity contribution in [1.82, 2.24) is 3.71 Å². The van der Waals surface area contributed by atoms with Gasteiger partial charge in [-0.3, -0.25) is 0 Å². The van der Waals surface area contributed by atoms with Gasteiger partial charge in [0.15, 0.2) is 0 Å². The van der Waals surface area contributed by atoms with E-state index in [-0.39, 0.29) is 6.42 Å². The second-order valence-electron chi connectivity index (χ2n) is 2.62. The summed E-state index contributed by atoms with van der Waals surface area (Å²) in [6, 6.07) is 0. The van der Waals surface area contributed by atoms with Crippen LogP contribution in [0, 0.1) is 0 Å². The lowest BCUT2D eigenvalue weighted by Crippen LogP contribution is -2.41. The summed E-state index contributed by atoms with van der Waals surface area (Å²) in [6.45, 7) is -0.635. The molecule has 0 amide bonds. The highest BCUT2D eigenvalue weighted by Gasteiger charge is 2.55. The molecule has 0 N–H and O–H groups in total. The van der Waals surface area contributed by atoms with Gasteiger partial charge in [-0.2, -0.15) is 13.2 Å². The average Bonchev–Trinajstić information content (AvgIpc) is 2.27. The topological polar surface area (TPSA) is 71.5 Å². The molecule has 1 aliphatic heterocycles. The van der Waals surface area contributed by atoms with Crippen LogP contribution in [0.3, 0.4) is 0 Å². The minimum atomic E-state index is -5.74. The van der Waals surface area contributed by atoms with Gasteiger partial charge in [0.25, 0.3) is 0 Å². The van der Waals surface area contributed by atoms with E-state index in [1.165, 1.54) is 0 Å². The summed E-state index contributed by atoms with van der Waals surface area (Å²) in [5.74, 6) is -0.567. The number of hydrogen-bond donors (Lipinski definition) is 0. The molecule has 10 heteroatoms. The highest BCUT2D eigenvalue weighted by Crippen LogP contribution is 2.31. The number of alkyl halides is 3. The first-order valence-corrected chi connectivity index (χ1v) is 6.46. The number of hydrogen-bond acceptors (Lipinski definition) is 4. The van der Waals surface area contributed by atoms with Crippen molar-refractivity contribution in [2.75, 3.05) is 12.3 Å². The van der Waals surface area contributed by atoms with Gasteiger partial charge in [-0.15, -0.1) is 0 Å². The second kappa shape index (κ2) is 3.07. The Morgan fingerprint density at radius 2 is 1.71 bits per heavy atom. The van der Waals surface area contributed by atoms with Gasteiger partial charge in [-0.1, -0.05) is 3.71 Å². The fraction of sp³-hybridized carbons (Fsp3) is 1.00.